The van der Waals surface area contributed by atoms with Gasteiger partial charge in [-0.25, -0.2) is 9.07 Å². The maximum Gasteiger partial charge on any atom is 0.322 e. The molecule has 2 bridgehead atoms. The molecule has 9 nitrogen and oxygen atoms in total. The van der Waals surface area contributed by atoms with Crippen molar-refractivity contribution in [1.82, 2.24) is 25.0 Å². The van der Waals surface area contributed by atoms with Crippen LogP contribution in [-0.4, -0.2) is 51.2 Å². The maximum atomic E-state index is 13.5. The standard InChI is InChI=1S/C22H25ClFN7O2/c1-3-31-22(33-16-6-7-18(24)17(23)9-16)27-21(29-31)26-20-13-4-5-14(20)12-30(11-13)15-8-19(32-2)28-25-10-15/h6-10,13-14,20H,3-5,11-12H2,1-2H3,(H,26,29)/t13-,14+,20+. The molecule has 2 fully saturated rings. The van der Waals surface area contributed by atoms with Crippen LogP contribution in [0.3, 0.4) is 0 Å². The van der Waals surface area contributed by atoms with Gasteiger partial charge in [0.25, 0.3) is 0 Å². The molecule has 174 valence electrons. The van der Waals surface area contributed by atoms with Crippen LogP contribution in [-0.2, 0) is 6.54 Å². The highest BCUT2D eigenvalue weighted by molar-refractivity contribution is 6.30. The molecule has 1 saturated carbocycles. The number of methoxy groups -OCH3 is 1. The van der Waals surface area contributed by atoms with Gasteiger partial charge in [-0.15, -0.1) is 10.2 Å². The first kappa shape index (κ1) is 21.7. The highest BCUT2D eigenvalue weighted by Gasteiger charge is 2.42. The van der Waals surface area contributed by atoms with Gasteiger partial charge in [-0.1, -0.05) is 11.6 Å². The van der Waals surface area contributed by atoms with E-state index in [2.05, 4.69) is 30.5 Å². The zero-order chi connectivity index (χ0) is 22.9. The summed E-state index contributed by atoms with van der Waals surface area (Å²) in [5, 5.41) is 16.1. The fourth-order valence-corrected chi connectivity index (χ4v) is 4.92. The van der Waals surface area contributed by atoms with Crippen LogP contribution in [0.15, 0.2) is 30.5 Å². The Labute approximate surface area is 195 Å². The topological polar surface area (TPSA) is 90.2 Å². The number of piperidine rings is 1. The minimum absolute atomic E-state index is 0.00114. The third kappa shape index (κ3) is 4.39. The summed E-state index contributed by atoms with van der Waals surface area (Å²) in [5.74, 6) is 1.87. The maximum absolute atomic E-state index is 13.5. The molecule has 0 amide bonds. The summed E-state index contributed by atoms with van der Waals surface area (Å²) in [4.78, 5) is 6.90. The lowest BCUT2D eigenvalue weighted by Gasteiger charge is -2.39. The van der Waals surface area contributed by atoms with Crippen LogP contribution in [0.4, 0.5) is 16.0 Å². The van der Waals surface area contributed by atoms with Gasteiger partial charge >= 0.3 is 6.01 Å². The van der Waals surface area contributed by atoms with E-state index in [1.807, 2.05) is 13.0 Å². The van der Waals surface area contributed by atoms with Gasteiger partial charge in [0.1, 0.15) is 11.6 Å². The van der Waals surface area contributed by atoms with Crippen LogP contribution >= 0.6 is 11.6 Å². The Balaban J connectivity index is 1.29. The second-order valence-electron chi connectivity index (χ2n) is 8.34. The van der Waals surface area contributed by atoms with Gasteiger partial charge < -0.3 is 19.7 Å². The number of ether oxygens (including phenoxy) is 2. The van der Waals surface area contributed by atoms with Gasteiger partial charge in [0.05, 0.1) is 24.0 Å². The van der Waals surface area contributed by atoms with Crippen LogP contribution in [0.2, 0.25) is 5.02 Å². The quantitative estimate of drug-likeness (QED) is 0.550. The molecule has 1 N–H and O–H groups in total. The number of hydrogen-bond acceptors (Lipinski definition) is 8. The average molecular weight is 474 g/mol. The lowest BCUT2D eigenvalue weighted by atomic mass is 9.92. The summed E-state index contributed by atoms with van der Waals surface area (Å²) in [7, 11) is 1.60. The van der Waals surface area contributed by atoms with Gasteiger partial charge in [-0.05, 0) is 43.7 Å². The zero-order valence-corrected chi connectivity index (χ0v) is 19.2. The fourth-order valence-electron chi connectivity index (χ4n) is 4.74. The number of halogens is 2. The SMILES string of the molecule is CCn1nc(N[C@H]2[C@@H]3CC[C@H]2CN(c2cnnc(OC)c2)C3)nc1Oc1ccc(F)c(Cl)c1. The smallest absolute Gasteiger partial charge is 0.322 e. The number of hydrogen-bond donors (Lipinski definition) is 1. The van der Waals surface area contributed by atoms with Crippen LogP contribution in [0.25, 0.3) is 0 Å². The molecule has 1 aliphatic carbocycles. The first-order valence-electron chi connectivity index (χ1n) is 11.0. The van der Waals surface area contributed by atoms with Crippen molar-refractivity contribution in [2.45, 2.75) is 32.4 Å². The number of aryl methyl sites for hydroxylation is 1. The van der Waals surface area contributed by atoms with Crippen LogP contribution in [0.5, 0.6) is 17.6 Å². The normalized spacial score (nSPS) is 21.8. The van der Waals surface area contributed by atoms with E-state index in [1.54, 1.807) is 18.0 Å². The van der Waals surface area contributed by atoms with E-state index < -0.39 is 5.82 Å². The molecular weight excluding hydrogens is 449 g/mol. The number of anilines is 2. The zero-order valence-electron chi connectivity index (χ0n) is 18.4. The predicted molar refractivity (Wildman–Crippen MR) is 122 cm³/mol. The van der Waals surface area contributed by atoms with E-state index in [0.717, 1.165) is 31.6 Å². The van der Waals surface area contributed by atoms with Crippen molar-refractivity contribution in [3.8, 4) is 17.6 Å². The van der Waals surface area contributed by atoms with Gasteiger partial charge in [-0.3, -0.25) is 0 Å². The van der Waals surface area contributed by atoms with E-state index in [0.29, 0.717) is 42.0 Å². The molecule has 3 heterocycles. The van der Waals surface area contributed by atoms with E-state index in [-0.39, 0.29) is 11.1 Å². The molecule has 2 aromatic heterocycles. The minimum atomic E-state index is -0.494. The number of benzene rings is 1. The third-order valence-corrected chi connectivity index (χ3v) is 6.65. The molecule has 5 rings (SSSR count). The van der Waals surface area contributed by atoms with Gasteiger partial charge in [0.2, 0.25) is 11.8 Å². The number of aromatic nitrogens is 5. The first-order valence-corrected chi connectivity index (χ1v) is 11.4. The molecule has 1 saturated heterocycles. The number of nitrogens with zero attached hydrogens (tertiary/aromatic N) is 6. The Hall–Kier alpha value is -3.14. The van der Waals surface area contributed by atoms with E-state index in [4.69, 9.17) is 21.1 Å². The van der Waals surface area contributed by atoms with Gasteiger partial charge in [0.15, 0.2) is 0 Å². The van der Waals surface area contributed by atoms with Crippen molar-refractivity contribution < 1.29 is 13.9 Å². The largest absolute Gasteiger partial charge is 0.480 e. The molecule has 0 unspecified atom stereocenters. The van der Waals surface area contributed by atoms with Crippen LogP contribution in [0.1, 0.15) is 19.8 Å². The van der Waals surface area contributed by atoms with Gasteiger partial charge in [0, 0.05) is 37.8 Å². The molecule has 1 aliphatic heterocycles. The first-order chi connectivity index (χ1) is 16.0. The average Bonchev–Trinajstić information content (AvgIpc) is 3.31. The van der Waals surface area contributed by atoms with Crippen molar-refractivity contribution in [3.05, 3.63) is 41.3 Å². The molecule has 1 aromatic carbocycles. The predicted octanol–water partition coefficient (Wildman–Crippen LogP) is 4.01. The summed E-state index contributed by atoms with van der Waals surface area (Å²) in [6.45, 7) is 4.37. The van der Waals surface area contributed by atoms with Crippen LogP contribution in [0, 0.1) is 17.7 Å². The van der Waals surface area contributed by atoms with E-state index in [9.17, 15) is 4.39 Å². The highest BCUT2D eigenvalue weighted by Crippen LogP contribution is 2.40. The number of fused-ring (bicyclic) bond motifs is 2. The van der Waals surface area contributed by atoms with E-state index >= 15 is 0 Å². The minimum Gasteiger partial charge on any atom is -0.480 e. The Bertz CT molecular complexity index is 1130. The molecule has 11 heteroatoms. The second kappa shape index (κ2) is 9.01. The second-order valence-corrected chi connectivity index (χ2v) is 8.75. The molecule has 0 radical (unpaired) electrons. The monoisotopic (exact) mass is 473 g/mol. The lowest BCUT2D eigenvalue weighted by molar-refractivity contribution is 0.372. The van der Waals surface area contributed by atoms with Crippen molar-refractivity contribution in [2.24, 2.45) is 11.8 Å². The van der Waals surface area contributed by atoms with Crippen molar-refractivity contribution in [3.63, 3.8) is 0 Å². The summed E-state index contributed by atoms with van der Waals surface area (Å²) in [5.41, 5.74) is 1.03. The Kier molecular flexibility index (Phi) is 5.92. The molecule has 2 aliphatic rings. The van der Waals surface area contributed by atoms with Crippen molar-refractivity contribution in [2.75, 3.05) is 30.4 Å². The summed E-state index contributed by atoms with van der Waals surface area (Å²) in [6.07, 6.45) is 4.06. The molecule has 0 spiro atoms. The Morgan fingerprint density at radius 3 is 2.70 bits per heavy atom. The summed E-state index contributed by atoms with van der Waals surface area (Å²) in [6, 6.07) is 6.75. The third-order valence-electron chi connectivity index (χ3n) is 6.36. The summed E-state index contributed by atoms with van der Waals surface area (Å²) < 4.78 is 26.2. The molecule has 3 aromatic rings. The molecule has 3 atom stereocenters. The Morgan fingerprint density at radius 2 is 2.00 bits per heavy atom. The Morgan fingerprint density at radius 1 is 1.21 bits per heavy atom. The van der Waals surface area contributed by atoms with Crippen LogP contribution < -0.4 is 19.7 Å². The van der Waals surface area contributed by atoms with Crippen molar-refractivity contribution in [1.29, 1.82) is 0 Å². The molecular formula is C22H25ClFN7O2. The number of rotatable bonds is 7. The highest BCUT2D eigenvalue weighted by atomic mass is 35.5. The lowest BCUT2D eigenvalue weighted by Crippen LogP contribution is -2.48. The fraction of sp³-hybridized carbons (Fsp3) is 0.455. The van der Waals surface area contributed by atoms with E-state index in [1.165, 1.54) is 18.2 Å². The molecule has 33 heavy (non-hydrogen) atoms. The summed E-state index contributed by atoms with van der Waals surface area (Å²) >= 11 is 5.87. The van der Waals surface area contributed by atoms with Gasteiger partial charge in [-0.2, -0.15) is 10.1 Å². The number of nitrogens with one attached hydrogen (secondary N) is 1. The van der Waals surface area contributed by atoms with Crippen molar-refractivity contribution >= 4 is 23.2 Å².